The fraction of sp³-hybridized carbons (Fsp3) is 0.714. The lowest BCUT2D eigenvalue weighted by Crippen LogP contribution is -2.43. The summed E-state index contributed by atoms with van der Waals surface area (Å²) in [5.41, 5.74) is 5.99. The highest BCUT2D eigenvalue weighted by Gasteiger charge is 2.28. The Morgan fingerprint density at radius 1 is 1.38 bits per heavy atom. The van der Waals surface area contributed by atoms with Gasteiger partial charge in [-0.05, 0) is 12.8 Å². The number of hydrogen-bond acceptors (Lipinski definition) is 6. The average Bonchev–Trinajstić information content (AvgIpc) is 3.16. The molecule has 3 rings (SSSR count). The smallest absolute Gasteiger partial charge is 0.267 e. The summed E-state index contributed by atoms with van der Waals surface area (Å²) in [5, 5.41) is 4.19. The van der Waals surface area contributed by atoms with Gasteiger partial charge in [0, 0.05) is 39.3 Å². The van der Waals surface area contributed by atoms with Crippen molar-refractivity contribution in [1.82, 2.24) is 15.2 Å². The molecule has 1 aromatic heterocycles. The van der Waals surface area contributed by atoms with Crippen molar-refractivity contribution >= 4 is 28.2 Å². The van der Waals surface area contributed by atoms with Crippen LogP contribution in [0.3, 0.4) is 0 Å². The maximum atomic E-state index is 12.6. The van der Waals surface area contributed by atoms with Crippen LogP contribution in [0.25, 0.3) is 0 Å². The number of thiazole rings is 1. The molecule has 0 radical (unpaired) electrons. The van der Waals surface area contributed by atoms with Gasteiger partial charge in [-0.3, -0.25) is 4.79 Å². The zero-order valence-electron chi connectivity index (χ0n) is 12.5. The van der Waals surface area contributed by atoms with Crippen molar-refractivity contribution in [3.63, 3.8) is 0 Å². The van der Waals surface area contributed by atoms with Crippen LogP contribution in [0.2, 0.25) is 0 Å². The molecule has 2 heterocycles. The monoisotopic (exact) mass is 309 g/mol. The topological polar surface area (TPSA) is 74.5 Å². The highest BCUT2D eigenvalue weighted by atomic mass is 32.1. The summed E-state index contributed by atoms with van der Waals surface area (Å²) in [4.78, 5) is 21.7. The number of carbonyl (C=O) groups excluding carboxylic acids is 1. The van der Waals surface area contributed by atoms with E-state index >= 15 is 0 Å². The van der Waals surface area contributed by atoms with E-state index < -0.39 is 0 Å². The molecule has 116 valence electrons. The summed E-state index contributed by atoms with van der Waals surface area (Å²) >= 11 is 1.43. The van der Waals surface area contributed by atoms with Gasteiger partial charge in [-0.2, -0.15) is 0 Å². The van der Waals surface area contributed by atoms with E-state index in [4.69, 9.17) is 5.73 Å². The molecule has 3 N–H and O–H groups in total. The first kappa shape index (κ1) is 14.6. The maximum absolute atomic E-state index is 12.6. The van der Waals surface area contributed by atoms with Crippen molar-refractivity contribution in [3.05, 3.63) is 4.88 Å². The highest BCUT2D eigenvalue weighted by Crippen LogP contribution is 2.31. The van der Waals surface area contributed by atoms with E-state index in [1.807, 2.05) is 11.9 Å². The average molecular weight is 309 g/mol. The fourth-order valence-corrected chi connectivity index (χ4v) is 4.10. The lowest BCUT2D eigenvalue weighted by Gasteiger charge is -2.26. The number of hydrogen-bond donors (Lipinski definition) is 2. The van der Waals surface area contributed by atoms with E-state index in [0.29, 0.717) is 16.7 Å². The Kier molecular flexibility index (Phi) is 4.30. The van der Waals surface area contributed by atoms with Gasteiger partial charge < -0.3 is 20.9 Å². The van der Waals surface area contributed by atoms with Gasteiger partial charge in [0.1, 0.15) is 10.7 Å². The molecule has 2 aliphatic rings. The molecule has 1 amide bonds. The summed E-state index contributed by atoms with van der Waals surface area (Å²) in [5.74, 6) is 0.404. The van der Waals surface area contributed by atoms with Crippen molar-refractivity contribution in [2.24, 2.45) is 0 Å². The number of nitrogens with two attached hydrogens (primary N) is 1. The minimum Gasteiger partial charge on any atom is -0.382 e. The first-order chi connectivity index (χ1) is 10.2. The lowest BCUT2D eigenvalue weighted by molar-refractivity contribution is 0.0741. The molecule has 1 saturated carbocycles. The van der Waals surface area contributed by atoms with Crippen molar-refractivity contribution in [1.29, 1.82) is 0 Å². The Balaban J connectivity index is 1.75. The van der Waals surface area contributed by atoms with Gasteiger partial charge in [0.15, 0.2) is 5.13 Å². The fourth-order valence-electron chi connectivity index (χ4n) is 3.08. The molecule has 1 saturated heterocycles. The molecule has 1 aliphatic carbocycles. The predicted octanol–water partition coefficient (Wildman–Crippen LogP) is 1.15. The van der Waals surface area contributed by atoms with E-state index in [-0.39, 0.29) is 5.91 Å². The summed E-state index contributed by atoms with van der Waals surface area (Å²) in [7, 11) is 1.89. The van der Waals surface area contributed by atoms with Gasteiger partial charge in [0.25, 0.3) is 5.91 Å². The normalized spacial score (nSPS) is 20.0. The van der Waals surface area contributed by atoms with E-state index in [1.54, 1.807) is 0 Å². The lowest BCUT2D eigenvalue weighted by atomic mass is 10.2. The van der Waals surface area contributed by atoms with E-state index in [0.717, 1.165) is 44.2 Å². The number of aromatic nitrogens is 1. The zero-order valence-corrected chi connectivity index (χ0v) is 13.3. The third kappa shape index (κ3) is 2.98. The number of carbonyl (C=O) groups is 1. The Bertz CT molecular complexity index is 505. The summed E-state index contributed by atoms with van der Waals surface area (Å²) in [6, 6.07) is 0.363. The molecule has 2 fully saturated rings. The number of nitrogens with zero attached hydrogens (tertiary/aromatic N) is 3. The first-order valence-corrected chi connectivity index (χ1v) is 8.47. The van der Waals surface area contributed by atoms with Gasteiger partial charge in [0.05, 0.1) is 0 Å². The molecular formula is C14H23N5OS. The van der Waals surface area contributed by atoms with Crippen LogP contribution in [0.5, 0.6) is 0 Å². The van der Waals surface area contributed by atoms with Crippen LogP contribution in [0, 0.1) is 0 Å². The van der Waals surface area contributed by atoms with Crippen LogP contribution in [0.15, 0.2) is 0 Å². The molecule has 1 aliphatic heterocycles. The molecule has 0 unspecified atom stereocenters. The van der Waals surface area contributed by atoms with Crippen molar-refractivity contribution < 1.29 is 4.79 Å². The maximum Gasteiger partial charge on any atom is 0.267 e. The Hall–Kier alpha value is -1.34. The third-order valence-corrected chi connectivity index (χ3v) is 5.54. The number of anilines is 2. The van der Waals surface area contributed by atoms with Crippen LogP contribution in [-0.4, -0.2) is 55.1 Å². The van der Waals surface area contributed by atoms with Crippen molar-refractivity contribution in [2.45, 2.75) is 31.7 Å². The highest BCUT2D eigenvalue weighted by molar-refractivity contribution is 7.18. The van der Waals surface area contributed by atoms with Crippen LogP contribution in [0.4, 0.5) is 10.9 Å². The van der Waals surface area contributed by atoms with Gasteiger partial charge >= 0.3 is 0 Å². The number of amides is 1. The number of rotatable bonds is 3. The van der Waals surface area contributed by atoms with Gasteiger partial charge in [-0.1, -0.05) is 24.2 Å². The van der Waals surface area contributed by atoms with Gasteiger partial charge in [0.2, 0.25) is 0 Å². The molecule has 0 bridgehead atoms. The summed E-state index contributed by atoms with van der Waals surface area (Å²) in [6.07, 6.45) is 4.64. The first-order valence-electron chi connectivity index (χ1n) is 7.66. The second-order valence-corrected chi connectivity index (χ2v) is 6.78. The van der Waals surface area contributed by atoms with Crippen LogP contribution >= 0.6 is 11.3 Å². The van der Waals surface area contributed by atoms with Gasteiger partial charge in [-0.15, -0.1) is 0 Å². The second-order valence-electron chi connectivity index (χ2n) is 5.80. The SMILES string of the molecule is CN(C(=O)c1sc(N2CCNCC2)nc1N)C1CCCC1. The Labute approximate surface area is 129 Å². The van der Waals surface area contributed by atoms with Crippen LogP contribution < -0.4 is 16.0 Å². The van der Waals surface area contributed by atoms with Crippen molar-refractivity contribution in [3.8, 4) is 0 Å². The summed E-state index contributed by atoms with van der Waals surface area (Å²) < 4.78 is 0. The Morgan fingerprint density at radius 2 is 2.05 bits per heavy atom. The van der Waals surface area contributed by atoms with E-state index in [1.165, 1.54) is 24.2 Å². The molecule has 6 nitrogen and oxygen atoms in total. The molecule has 0 spiro atoms. The molecule has 0 aromatic carbocycles. The molecule has 7 heteroatoms. The minimum absolute atomic E-state index is 0.0262. The minimum atomic E-state index is 0.0262. The molecule has 0 atom stereocenters. The standard InChI is InChI=1S/C14H23N5OS/c1-18(10-4-2-3-5-10)13(20)11-12(15)17-14(21-11)19-8-6-16-7-9-19/h10,16H,2-9,15H2,1H3. The van der Waals surface area contributed by atoms with E-state index in [2.05, 4.69) is 15.2 Å². The molecule has 1 aromatic rings. The third-order valence-electron chi connectivity index (χ3n) is 4.42. The van der Waals surface area contributed by atoms with Crippen molar-refractivity contribution in [2.75, 3.05) is 43.9 Å². The van der Waals surface area contributed by atoms with Crippen LogP contribution in [0.1, 0.15) is 35.4 Å². The van der Waals surface area contributed by atoms with Crippen LogP contribution in [-0.2, 0) is 0 Å². The molecule has 21 heavy (non-hydrogen) atoms. The number of nitrogens with one attached hydrogen (secondary N) is 1. The molecular weight excluding hydrogens is 286 g/mol. The number of nitrogen functional groups attached to an aromatic ring is 1. The second kappa shape index (κ2) is 6.19. The predicted molar refractivity (Wildman–Crippen MR) is 86.0 cm³/mol. The van der Waals surface area contributed by atoms with E-state index in [9.17, 15) is 4.79 Å². The number of piperazine rings is 1. The Morgan fingerprint density at radius 3 is 2.71 bits per heavy atom. The largest absolute Gasteiger partial charge is 0.382 e. The zero-order chi connectivity index (χ0) is 14.8. The summed E-state index contributed by atoms with van der Waals surface area (Å²) in [6.45, 7) is 3.73. The quantitative estimate of drug-likeness (QED) is 0.876. The van der Waals surface area contributed by atoms with Gasteiger partial charge in [-0.25, -0.2) is 4.98 Å².